The van der Waals surface area contributed by atoms with Crippen molar-refractivity contribution in [3.05, 3.63) is 46.7 Å². The number of ketones is 1. The second kappa shape index (κ2) is 7.67. The zero-order chi connectivity index (χ0) is 14.2. The molecule has 0 aliphatic carbocycles. The monoisotopic (exact) mass is 291 g/mol. The van der Waals surface area contributed by atoms with Gasteiger partial charge in [-0.1, -0.05) is 6.07 Å². The largest absolute Gasteiger partial charge is 0.497 e. The average molecular weight is 291 g/mol. The van der Waals surface area contributed by atoms with Gasteiger partial charge in [0.1, 0.15) is 18.1 Å². The highest BCUT2D eigenvalue weighted by atomic mass is 32.1. The molecule has 0 saturated carbocycles. The van der Waals surface area contributed by atoms with Gasteiger partial charge in [0.25, 0.3) is 0 Å². The third-order valence-electron chi connectivity index (χ3n) is 2.69. The van der Waals surface area contributed by atoms with Crippen LogP contribution < -0.4 is 14.8 Å². The third kappa shape index (κ3) is 4.36. The second-order valence-electron chi connectivity index (χ2n) is 4.10. The SMILES string of the molecule is COc1ccc(OCCNCC(=O)c2cccs2)cc1. The predicted octanol–water partition coefficient (Wildman–Crippen LogP) is 2.61. The van der Waals surface area contributed by atoms with Crippen LogP contribution in [0.5, 0.6) is 11.5 Å². The van der Waals surface area contributed by atoms with Crippen LogP contribution in [0.1, 0.15) is 9.67 Å². The van der Waals surface area contributed by atoms with Crippen LogP contribution in [0.2, 0.25) is 0 Å². The van der Waals surface area contributed by atoms with Crippen molar-refractivity contribution in [3.63, 3.8) is 0 Å². The molecule has 0 unspecified atom stereocenters. The van der Waals surface area contributed by atoms with Crippen molar-refractivity contribution >= 4 is 17.1 Å². The summed E-state index contributed by atoms with van der Waals surface area (Å²) in [6, 6.07) is 11.1. The van der Waals surface area contributed by atoms with Crippen LogP contribution in [0.25, 0.3) is 0 Å². The molecule has 2 rings (SSSR count). The van der Waals surface area contributed by atoms with Crippen LogP contribution in [0, 0.1) is 0 Å². The molecular formula is C15H17NO3S. The summed E-state index contributed by atoms with van der Waals surface area (Å²) >= 11 is 1.46. The summed E-state index contributed by atoms with van der Waals surface area (Å²) in [6.07, 6.45) is 0. The molecular weight excluding hydrogens is 274 g/mol. The van der Waals surface area contributed by atoms with Crippen LogP contribution in [0.4, 0.5) is 0 Å². The third-order valence-corrected chi connectivity index (χ3v) is 3.60. The first-order chi connectivity index (χ1) is 9.79. The first kappa shape index (κ1) is 14.6. The highest BCUT2D eigenvalue weighted by molar-refractivity contribution is 7.12. The fourth-order valence-electron chi connectivity index (χ4n) is 1.64. The smallest absolute Gasteiger partial charge is 0.186 e. The molecule has 1 heterocycles. The lowest BCUT2D eigenvalue weighted by molar-refractivity contribution is 0.0994. The maximum Gasteiger partial charge on any atom is 0.186 e. The lowest BCUT2D eigenvalue weighted by Gasteiger charge is -2.07. The summed E-state index contributed by atoms with van der Waals surface area (Å²) in [6.45, 7) is 1.49. The van der Waals surface area contributed by atoms with E-state index in [0.717, 1.165) is 16.4 Å². The molecule has 0 atom stereocenters. The highest BCUT2D eigenvalue weighted by Gasteiger charge is 2.05. The van der Waals surface area contributed by atoms with Gasteiger partial charge in [0.15, 0.2) is 5.78 Å². The van der Waals surface area contributed by atoms with Crippen molar-refractivity contribution in [2.75, 3.05) is 26.8 Å². The number of nitrogens with one attached hydrogen (secondary N) is 1. The predicted molar refractivity (Wildman–Crippen MR) is 80.0 cm³/mol. The highest BCUT2D eigenvalue weighted by Crippen LogP contribution is 2.16. The number of carbonyl (C=O) groups excluding carboxylic acids is 1. The topological polar surface area (TPSA) is 47.6 Å². The number of hydrogen-bond donors (Lipinski definition) is 1. The van der Waals surface area contributed by atoms with Gasteiger partial charge in [-0.2, -0.15) is 0 Å². The van der Waals surface area contributed by atoms with E-state index in [0.29, 0.717) is 19.7 Å². The molecule has 0 bridgehead atoms. The number of rotatable bonds is 8. The molecule has 1 N–H and O–H groups in total. The number of ether oxygens (including phenoxy) is 2. The number of methoxy groups -OCH3 is 1. The molecule has 0 fully saturated rings. The van der Waals surface area contributed by atoms with E-state index >= 15 is 0 Å². The maximum atomic E-state index is 11.7. The molecule has 0 aliphatic heterocycles. The quantitative estimate of drug-likeness (QED) is 0.600. The number of Topliss-reactive ketones (excluding diaryl/α,β-unsaturated/α-hetero) is 1. The fraction of sp³-hybridized carbons (Fsp3) is 0.267. The van der Waals surface area contributed by atoms with Crippen molar-refractivity contribution in [1.29, 1.82) is 0 Å². The number of carbonyl (C=O) groups is 1. The lowest BCUT2D eigenvalue weighted by atomic mass is 10.3. The minimum atomic E-state index is 0.115. The summed E-state index contributed by atoms with van der Waals surface area (Å²) in [5, 5.41) is 4.98. The van der Waals surface area contributed by atoms with E-state index in [1.807, 2.05) is 41.8 Å². The Labute approximate surface area is 122 Å². The summed E-state index contributed by atoms with van der Waals surface area (Å²) in [4.78, 5) is 12.5. The van der Waals surface area contributed by atoms with E-state index in [-0.39, 0.29) is 5.78 Å². The Kier molecular flexibility index (Phi) is 5.58. The molecule has 0 amide bonds. The molecule has 5 heteroatoms. The molecule has 0 radical (unpaired) electrons. The van der Waals surface area contributed by atoms with Crippen LogP contribution in [-0.2, 0) is 0 Å². The maximum absolute atomic E-state index is 11.7. The molecule has 0 aliphatic rings. The van der Waals surface area contributed by atoms with Gasteiger partial charge in [-0.15, -0.1) is 11.3 Å². The summed E-state index contributed by atoms with van der Waals surface area (Å²) in [5.41, 5.74) is 0. The van der Waals surface area contributed by atoms with Crippen molar-refractivity contribution in [1.82, 2.24) is 5.32 Å². The Morgan fingerprint density at radius 2 is 1.95 bits per heavy atom. The van der Waals surface area contributed by atoms with Gasteiger partial charge >= 0.3 is 0 Å². The summed E-state index contributed by atoms with van der Waals surface area (Å²) < 4.78 is 10.6. The van der Waals surface area contributed by atoms with Crippen molar-refractivity contribution in [3.8, 4) is 11.5 Å². The molecule has 2 aromatic rings. The van der Waals surface area contributed by atoms with Crippen molar-refractivity contribution in [2.45, 2.75) is 0 Å². The molecule has 1 aromatic heterocycles. The van der Waals surface area contributed by atoms with E-state index in [1.54, 1.807) is 7.11 Å². The van der Waals surface area contributed by atoms with Crippen LogP contribution in [0.3, 0.4) is 0 Å². The van der Waals surface area contributed by atoms with Gasteiger partial charge in [-0.3, -0.25) is 4.79 Å². The Bertz CT molecular complexity index is 523. The van der Waals surface area contributed by atoms with Gasteiger partial charge in [0, 0.05) is 6.54 Å². The molecule has 1 aromatic carbocycles. The van der Waals surface area contributed by atoms with E-state index in [1.165, 1.54) is 11.3 Å². The van der Waals surface area contributed by atoms with E-state index in [2.05, 4.69) is 5.32 Å². The molecule has 106 valence electrons. The van der Waals surface area contributed by atoms with Crippen LogP contribution in [0.15, 0.2) is 41.8 Å². The summed E-state index contributed by atoms with van der Waals surface area (Å²) in [7, 11) is 1.63. The normalized spacial score (nSPS) is 10.2. The van der Waals surface area contributed by atoms with Gasteiger partial charge in [-0.05, 0) is 35.7 Å². The van der Waals surface area contributed by atoms with E-state index < -0.39 is 0 Å². The van der Waals surface area contributed by atoms with Gasteiger partial charge in [0.05, 0.1) is 18.5 Å². The molecule has 0 spiro atoms. The molecule has 4 nitrogen and oxygen atoms in total. The Balaban J connectivity index is 1.62. The first-order valence-electron chi connectivity index (χ1n) is 6.34. The van der Waals surface area contributed by atoms with Crippen LogP contribution >= 0.6 is 11.3 Å². The number of benzene rings is 1. The van der Waals surface area contributed by atoms with E-state index in [4.69, 9.17) is 9.47 Å². The summed E-state index contributed by atoms with van der Waals surface area (Å²) in [5.74, 6) is 1.71. The van der Waals surface area contributed by atoms with Gasteiger partial charge in [-0.25, -0.2) is 0 Å². The van der Waals surface area contributed by atoms with Gasteiger partial charge in [0.2, 0.25) is 0 Å². The first-order valence-corrected chi connectivity index (χ1v) is 7.22. The van der Waals surface area contributed by atoms with Gasteiger partial charge < -0.3 is 14.8 Å². The minimum Gasteiger partial charge on any atom is -0.497 e. The molecule has 20 heavy (non-hydrogen) atoms. The van der Waals surface area contributed by atoms with E-state index in [9.17, 15) is 4.79 Å². The Hall–Kier alpha value is -1.85. The van der Waals surface area contributed by atoms with Crippen molar-refractivity contribution < 1.29 is 14.3 Å². The van der Waals surface area contributed by atoms with Crippen LogP contribution in [-0.4, -0.2) is 32.6 Å². The fourth-order valence-corrected chi connectivity index (χ4v) is 2.30. The Morgan fingerprint density at radius 3 is 2.60 bits per heavy atom. The average Bonchev–Trinajstić information content (AvgIpc) is 3.01. The standard InChI is InChI=1S/C15H17NO3S/c1-18-12-4-6-13(7-5-12)19-9-8-16-11-14(17)15-3-2-10-20-15/h2-7,10,16H,8-9,11H2,1H3. The molecule has 0 saturated heterocycles. The zero-order valence-electron chi connectivity index (χ0n) is 11.3. The second-order valence-corrected chi connectivity index (χ2v) is 5.05. The van der Waals surface area contributed by atoms with Crippen molar-refractivity contribution in [2.24, 2.45) is 0 Å². The zero-order valence-corrected chi connectivity index (χ0v) is 12.1. The lowest BCUT2D eigenvalue weighted by Crippen LogP contribution is -2.27. The Morgan fingerprint density at radius 1 is 1.20 bits per heavy atom. The number of thiophene rings is 1. The minimum absolute atomic E-state index is 0.115. The number of hydrogen-bond acceptors (Lipinski definition) is 5.